The molecule has 0 spiro atoms. The van der Waals surface area contributed by atoms with E-state index in [4.69, 9.17) is 9.73 Å². The number of aryl methyl sites for hydroxylation is 1. The molecular weight excluding hydrogens is 312 g/mol. The van der Waals surface area contributed by atoms with Gasteiger partial charge in [0.15, 0.2) is 5.82 Å². The van der Waals surface area contributed by atoms with Crippen LogP contribution in [0.25, 0.3) is 17.3 Å². The fraction of sp³-hybridized carbons (Fsp3) is 0.150. The molecule has 4 rings (SSSR count). The zero-order valence-corrected chi connectivity index (χ0v) is 14.2. The molecule has 1 aromatic carbocycles. The van der Waals surface area contributed by atoms with Crippen LogP contribution < -0.4 is 4.74 Å². The average molecular weight is 330 g/mol. The molecule has 0 aliphatic heterocycles. The van der Waals surface area contributed by atoms with E-state index in [2.05, 4.69) is 34.0 Å². The molecular formula is C20H18N4O. The van der Waals surface area contributed by atoms with Crippen LogP contribution in [-0.4, -0.2) is 27.8 Å². The van der Waals surface area contributed by atoms with Gasteiger partial charge in [-0.25, -0.2) is 15.0 Å². The standard InChI is InChI=1S/C20H18N4O/c1-13-9-14-10-15(7-8-17(14)23-13)24-20-11-18(21-12-22-20)16-5-3-4-6-19(16)25-2/h3-9,11-12,23H,10H2,1-2H3. The van der Waals surface area contributed by atoms with Gasteiger partial charge in [-0.2, -0.15) is 0 Å². The highest BCUT2D eigenvalue weighted by Crippen LogP contribution is 2.29. The van der Waals surface area contributed by atoms with Crippen molar-refractivity contribution in [1.82, 2.24) is 15.0 Å². The van der Waals surface area contributed by atoms with Crippen molar-refractivity contribution < 1.29 is 4.74 Å². The Labute approximate surface area is 146 Å². The highest BCUT2D eigenvalue weighted by Gasteiger charge is 2.12. The summed E-state index contributed by atoms with van der Waals surface area (Å²) in [7, 11) is 1.66. The second-order valence-electron chi connectivity index (χ2n) is 5.97. The molecule has 2 aromatic heterocycles. The lowest BCUT2D eigenvalue weighted by molar-refractivity contribution is 0.416. The first kappa shape index (κ1) is 15.3. The summed E-state index contributed by atoms with van der Waals surface area (Å²) in [5, 5.41) is 0. The van der Waals surface area contributed by atoms with Gasteiger partial charge in [-0.1, -0.05) is 12.1 Å². The zero-order valence-electron chi connectivity index (χ0n) is 14.2. The number of aromatic nitrogens is 3. The van der Waals surface area contributed by atoms with Gasteiger partial charge in [-0.05, 0) is 42.8 Å². The number of rotatable bonds is 3. The van der Waals surface area contributed by atoms with Crippen molar-refractivity contribution in [2.45, 2.75) is 13.3 Å². The van der Waals surface area contributed by atoms with Crippen molar-refractivity contribution in [2.24, 2.45) is 4.99 Å². The first-order valence-electron chi connectivity index (χ1n) is 8.12. The zero-order chi connectivity index (χ0) is 17.2. The second-order valence-corrected chi connectivity index (χ2v) is 5.97. The number of aliphatic imine (C=N–C) groups is 1. The number of aromatic amines is 1. The number of H-pyrrole nitrogens is 1. The highest BCUT2D eigenvalue weighted by molar-refractivity contribution is 6.03. The molecule has 2 heterocycles. The molecule has 5 nitrogen and oxygen atoms in total. The SMILES string of the molecule is COc1ccccc1-c1cc(N=C2C=Cc3[nH]c(C)cc3C2)ncn1. The Hall–Kier alpha value is -3.21. The quantitative estimate of drug-likeness (QED) is 0.785. The second kappa shape index (κ2) is 6.36. The number of hydrogen-bond donors (Lipinski definition) is 1. The monoisotopic (exact) mass is 330 g/mol. The van der Waals surface area contributed by atoms with Gasteiger partial charge < -0.3 is 9.72 Å². The van der Waals surface area contributed by atoms with Crippen LogP contribution in [0.1, 0.15) is 17.0 Å². The van der Waals surface area contributed by atoms with Crippen LogP contribution >= 0.6 is 0 Å². The summed E-state index contributed by atoms with van der Waals surface area (Å²) < 4.78 is 5.42. The van der Waals surface area contributed by atoms with Crippen LogP contribution in [-0.2, 0) is 6.42 Å². The Morgan fingerprint density at radius 1 is 1.12 bits per heavy atom. The van der Waals surface area contributed by atoms with Gasteiger partial charge in [0.25, 0.3) is 0 Å². The van der Waals surface area contributed by atoms with Crippen molar-refractivity contribution in [3.63, 3.8) is 0 Å². The van der Waals surface area contributed by atoms with E-state index in [1.54, 1.807) is 13.4 Å². The minimum Gasteiger partial charge on any atom is -0.496 e. The third kappa shape index (κ3) is 3.08. The van der Waals surface area contributed by atoms with E-state index < -0.39 is 0 Å². The molecule has 25 heavy (non-hydrogen) atoms. The van der Waals surface area contributed by atoms with Crippen molar-refractivity contribution >= 4 is 17.6 Å². The lowest BCUT2D eigenvalue weighted by atomic mass is 10.0. The summed E-state index contributed by atoms with van der Waals surface area (Å²) in [6, 6.07) is 11.8. The van der Waals surface area contributed by atoms with Gasteiger partial charge in [0.1, 0.15) is 12.1 Å². The van der Waals surface area contributed by atoms with E-state index in [0.717, 1.165) is 40.5 Å². The fourth-order valence-corrected chi connectivity index (χ4v) is 3.03. The molecule has 0 fully saturated rings. The summed E-state index contributed by atoms with van der Waals surface area (Å²) in [5.74, 6) is 1.43. The topological polar surface area (TPSA) is 63.2 Å². The smallest absolute Gasteiger partial charge is 0.156 e. The normalized spacial score (nSPS) is 14.6. The molecule has 0 saturated heterocycles. The number of para-hydroxylation sites is 1. The Kier molecular flexibility index (Phi) is 3.90. The van der Waals surface area contributed by atoms with Crippen molar-refractivity contribution in [2.75, 3.05) is 7.11 Å². The van der Waals surface area contributed by atoms with Gasteiger partial charge >= 0.3 is 0 Å². The molecule has 0 saturated carbocycles. The van der Waals surface area contributed by atoms with Gasteiger partial charge in [-0.15, -0.1) is 0 Å². The first-order chi connectivity index (χ1) is 12.2. The number of ether oxygens (including phenoxy) is 1. The largest absolute Gasteiger partial charge is 0.496 e. The molecule has 5 heteroatoms. The fourth-order valence-electron chi connectivity index (χ4n) is 3.03. The minimum absolute atomic E-state index is 0.645. The van der Waals surface area contributed by atoms with E-state index in [1.165, 1.54) is 5.56 Å². The molecule has 124 valence electrons. The van der Waals surface area contributed by atoms with Crippen LogP contribution in [0.15, 0.2) is 53.8 Å². The summed E-state index contributed by atoms with van der Waals surface area (Å²) >= 11 is 0. The van der Waals surface area contributed by atoms with Gasteiger partial charge in [0.05, 0.1) is 12.8 Å². The maximum absolute atomic E-state index is 5.42. The van der Waals surface area contributed by atoms with E-state index in [0.29, 0.717) is 5.82 Å². The molecule has 0 amide bonds. The number of fused-ring (bicyclic) bond motifs is 1. The Morgan fingerprint density at radius 3 is 2.88 bits per heavy atom. The van der Waals surface area contributed by atoms with E-state index in [1.807, 2.05) is 36.4 Å². The van der Waals surface area contributed by atoms with Crippen molar-refractivity contribution in [3.05, 3.63) is 65.8 Å². The minimum atomic E-state index is 0.645. The van der Waals surface area contributed by atoms with Crippen LogP contribution in [0.3, 0.4) is 0 Å². The van der Waals surface area contributed by atoms with Crippen LogP contribution in [0.4, 0.5) is 5.82 Å². The molecule has 0 radical (unpaired) electrons. The number of nitrogens with one attached hydrogen (secondary N) is 1. The van der Waals surface area contributed by atoms with Crippen molar-refractivity contribution in [1.29, 1.82) is 0 Å². The number of allylic oxidation sites excluding steroid dienone is 1. The third-order valence-corrected chi connectivity index (χ3v) is 4.18. The molecule has 3 aromatic rings. The summed E-state index contributed by atoms with van der Waals surface area (Å²) in [6.45, 7) is 2.06. The predicted octanol–water partition coefficient (Wildman–Crippen LogP) is 4.13. The van der Waals surface area contributed by atoms with Gasteiger partial charge in [-0.3, -0.25) is 0 Å². The Morgan fingerprint density at radius 2 is 2.00 bits per heavy atom. The average Bonchev–Trinajstić information content (AvgIpc) is 3.01. The Bertz CT molecular complexity index is 985. The molecule has 1 aliphatic rings. The van der Waals surface area contributed by atoms with Gasteiger partial charge in [0, 0.05) is 35.2 Å². The number of hydrogen-bond acceptors (Lipinski definition) is 4. The number of methoxy groups -OCH3 is 1. The van der Waals surface area contributed by atoms with Crippen LogP contribution in [0.2, 0.25) is 0 Å². The molecule has 1 N–H and O–H groups in total. The third-order valence-electron chi connectivity index (χ3n) is 4.18. The Balaban J connectivity index is 1.66. The van der Waals surface area contributed by atoms with Gasteiger partial charge in [0.2, 0.25) is 0 Å². The number of nitrogens with zero attached hydrogens (tertiary/aromatic N) is 3. The van der Waals surface area contributed by atoms with Crippen LogP contribution in [0, 0.1) is 6.92 Å². The lowest BCUT2D eigenvalue weighted by Gasteiger charge is -2.09. The maximum Gasteiger partial charge on any atom is 0.156 e. The summed E-state index contributed by atoms with van der Waals surface area (Å²) in [6.07, 6.45) is 6.43. The first-order valence-corrected chi connectivity index (χ1v) is 8.12. The van der Waals surface area contributed by atoms with Crippen molar-refractivity contribution in [3.8, 4) is 17.0 Å². The van der Waals surface area contributed by atoms with E-state index in [9.17, 15) is 0 Å². The predicted molar refractivity (Wildman–Crippen MR) is 99.4 cm³/mol. The maximum atomic E-state index is 5.42. The van der Waals surface area contributed by atoms with Crippen LogP contribution in [0.5, 0.6) is 5.75 Å². The van der Waals surface area contributed by atoms with E-state index >= 15 is 0 Å². The highest BCUT2D eigenvalue weighted by atomic mass is 16.5. The summed E-state index contributed by atoms with van der Waals surface area (Å²) in [4.78, 5) is 16.7. The summed E-state index contributed by atoms with van der Waals surface area (Å²) in [5.41, 5.74) is 6.29. The molecule has 0 atom stereocenters. The molecule has 1 aliphatic carbocycles. The molecule has 0 bridgehead atoms. The lowest BCUT2D eigenvalue weighted by Crippen LogP contribution is -2.04. The molecule has 0 unspecified atom stereocenters. The number of benzene rings is 1. The van der Waals surface area contributed by atoms with E-state index in [-0.39, 0.29) is 0 Å².